The summed E-state index contributed by atoms with van der Waals surface area (Å²) in [6.07, 6.45) is 0. The third kappa shape index (κ3) is 8.29. The summed E-state index contributed by atoms with van der Waals surface area (Å²) in [6, 6.07) is 9.18. The Morgan fingerprint density at radius 1 is 0.788 bits per heavy atom. The molecule has 0 aliphatic rings. The molecule has 2 aromatic rings. The molecule has 0 spiro atoms. The molecule has 0 aliphatic carbocycles. The molecule has 0 saturated heterocycles. The van der Waals surface area contributed by atoms with Crippen LogP contribution in [0, 0.1) is 0 Å². The Hall–Kier alpha value is -1.59. The quantitative estimate of drug-likeness (QED) is 0.182. The van der Waals surface area contributed by atoms with Crippen LogP contribution in [-0.2, 0) is 30.3 Å². The fourth-order valence-electron chi connectivity index (χ4n) is 2.40. The molecule has 33 heavy (non-hydrogen) atoms. The summed E-state index contributed by atoms with van der Waals surface area (Å²) in [4.78, 5) is -0.174. The van der Waals surface area contributed by atoms with Gasteiger partial charge in [0.05, 0.1) is 23.4 Å². The van der Waals surface area contributed by atoms with Crippen LogP contribution < -0.4 is 49.6 Å². The van der Waals surface area contributed by atoms with Gasteiger partial charge in [-0.25, -0.2) is 8.42 Å². The number of hydrogen-bond acceptors (Lipinski definition) is 9. The van der Waals surface area contributed by atoms with E-state index in [0.29, 0.717) is 5.75 Å². The minimum absolute atomic E-state index is 0. The maximum absolute atomic E-state index is 12.8. The normalized spacial score (nSPS) is 13.8. The molecule has 0 bridgehead atoms. The summed E-state index contributed by atoms with van der Waals surface area (Å²) in [5, 5.41) is 2.28. The van der Waals surface area contributed by atoms with Crippen molar-refractivity contribution in [2.45, 2.75) is 29.5 Å². The van der Waals surface area contributed by atoms with Crippen molar-refractivity contribution in [1.82, 2.24) is 0 Å². The first kappa shape index (κ1) is 29.4. The fraction of sp³-hybridized carbons (Fsp3) is 0.294. The van der Waals surface area contributed by atoms with E-state index in [-0.39, 0.29) is 51.5 Å². The second-order valence-corrected chi connectivity index (χ2v) is 11.8. The number of hydrogen-bond donors (Lipinski definition) is 5. The molecule has 2 unspecified atom stereocenters. The Labute approximate surface area is 215 Å². The Morgan fingerprint density at radius 3 is 1.79 bits per heavy atom. The topological polar surface area (TPSA) is 188 Å². The third-order valence-corrected chi connectivity index (χ3v) is 7.66. The van der Waals surface area contributed by atoms with E-state index in [9.17, 15) is 29.8 Å². The maximum Gasteiger partial charge on any atom is 1.00 e. The zero-order valence-corrected chi connectivity index (χ0v) is 22.6. The minimum Gasteiger partial charge on any atom is -0.497 e. The molecule has 0 heterocycles. The van der Waals surface area contributed by atoms with Gasteiger partial charge in [0, 0.05) is 11.8 Å². The molecule has 0 aliphatic heterocycles. The van der Waals surface area contributed by atoms with Gasteiger partial charge in [0.1, 0.15) is 5.75 Å². The first-order chi connectivity index (χ1) is 14.6. The number of sulfonamides is 1. The van der Waals surface area contributed by atoms with Crippen LogP contribution in [0.15, 0.2) is 47.4 Å². The van der Waals surface area contributed by atoms with Gasteiger partial charge in [0.2, 0.25) is 0 Å². The standard InChI is InChI=1S/C17H23N3O9S3.Na/c1-11(31(23,24)25)18-13-4-7-15(8-5-13)30(21,22)20-16-9-6-14(29-3)10-17(16)19-12(2)32(26,27)28;/h4-12,18-20H,1-3H3,(H,23,24,25)(H,26,27,28);/q;+1. The average Bonchev–Trinajstić information content (AvgIpc) is 2.68. The summed E-state index contributed by atoms with van der Waals surface area (Å²) in [7, 11) is -11.6. The first-order valence-corrected chi connectivity index (χ1v) is 13.4. The number of benzene rings is 2. The van der Waals surface area contributed by atoms with Gasteiger partial charge in [-0.05, 0) is 50.2 Å². The number of rotatable bonds is 10. The van der Waals surface area contributed by atoms with E-state index in [4.69, 9.17) is 9.29 Å². The Kier molecular flexibility index (Phi) is 10.0. The van der Waals surface area contributed by atoms with Crippen LogP contribution >= 0.6 is 0 Å². The van der Waals surface area contributed by atoms with Gasteiger partial charge in [0.25, 0.3) is 30.3 Å². The monoisotopic (exact) mass is 532 g/mol. The number of ether oxygens (including phenoxy) is 1. The van der Waals surface area contributed by atoms with E-state index in [0.717, 1.165) is 0 Å². The second-order valence-electron chi connectivity index (χ2n) is 6.64. The van der Waals surface area contributed by atoms with Crippen molar-refractivity contribution in [2.24, 2.45) is 0 Å². The van der Waals surface area contributed by atoms with Gasteiger partial charge in [-0.1, -0.05) is 0 Å². The van der Waals surface area contributed by atoms with Crippen LogP contribution in [0.25, 0.3) is 0 Å². The molecule has 0 saturated carbocycles. The van der Waals surface area contributed by atoms with E-state index in [1.165, 1.54) is 63.4 Å². The predicted molar refractivity (Wildman–Crippen MR) is 120 cm³/mol. The van der Waals surface area contributed by atoms with Crippen molar-refractivity contribution in [3.8, 4) is 5.75 Å². The Bertz CT molecular complexity index is 1280. The number of nitrogens with one attached hydrogen (secondary N) is 3. The Morgan fingerprint density at radius 2 is 1.30 bits per heavy atom. The number of methoxy groups -OCH3 is 1. The maximum atomic E-state index is 12.8. The van der Waals surface area contributed by atoms with Gasteiger partial charge in [-0.2, -0.15) is 16.8 Å². The smallest absolute Gasteiger partial charge is 0.497 e. The van der Waals surface area contributed by atoms with E-state index in [1.54, 1.807) is 0 Å². The SMILES string of the molecule is COc1ccc(NS(=O)(=O)c2ccc(NC(C)S(=O)(=O)O)cc2)c(NC(C)S(=O)(=O)O)c1.[Na+]. The summed E-state index contributed by atoms with van der Waals surface area (Å²) < 4.78 is 96.0. The van der Waals surface area contributed by atoms with Crippen molar-refractivity contribution in [3.63, 3.8) is 0 Å². The third-order valence-electron chi connectivity index (χ3n) is 4.26. The van der Waals surface area contributed by atoms with Gasteiger partial charge in [-0.3, -0.25) is 13.8 Å². The summed E-state index contributed by atoms with van der Waals surface area (Å²) >= 11 is 0. The zero-order valence-electron chi connectivity index (χ0n) is 18.2. The molecular formula is C17H23N3NaO9S3+. The molecule has 178 valence electrons. The summed E-state index contributed by atoms with van der Waals surface area (Å²) in [5.74, 6) is 0.307. The van der Waals surface area contributed by atoms with Crippen molar-refractivity contribution < 1.29 is 68.7 Å². The van der Waals surface area contributed by atoms with Crippen molar-refractivity contribution >= 4 is 47.3 Å². The largest absolute Gasteiger partial charge is 1.00 e. The van der Waals surface area contributed by atoms with Crippen LogP contribution in [0.3, 0.4) is 0 Å². The van der Waals surface area contributed by atoms with Crippen LogP contribution in [-0.4, -0.2) is 52.2 Å². The molecular weight excluding hydrogens is 509 g/mol. The molecule has 0 amide bonds. The van der Waals surface area contributed by atoms with E-state index < -0.39 is 41.0 Å². The molecule has 5 N–H and O–H groups in total. The average molecular weight is 533 g/mol. The van der Waals surface area contributed by atoms with E-state index in [1.807, 2.05) is 0 Å². The van der Waals surface area contributed by atoms with Crippen molar-refractivity contribution in [1.29, 1.82) is 0 Å². The molecule has 2 atom stereocenters. The molecule has 0 radical (unpaired) electrons. The minimum atomic E-state index is -4.46. The van der Waals surface area contributed by atoms with E-state index in [2.05, 4.69) is 15.4 Å². The number of anilines is 3. The molecule has 16 heteroatoms. The van der Waals surface area contributed by atoms with Gasteiger partial charge in [-0.15, -0.1) is 0 Å². The molecule has 0 fully saturated rings. The summed E-state index contributed by atoms with van der Waals surface area (Å²) in [6.45, 7) is 2.39. The Balaban J connectivity index is 0.00000544. The first-order valence-electron chi connectivity index (χ1n) is 8.90. The van der Waals surface area contributed by atoms with Crippen LogP contribution in [0.2, 0.25) is 0 Å². The molecule has 0 aromatic heterocycles. The fourth-order valence-corrected chi connectivity index (χ4v) is 4.04. The van der Waals surface area contributed by atoms with Crippen molar-refractivity contribution in [3.05, 3.63) is 42.5 Å². The second kappa shape index (κ2) is 11.2. The van der Waals surface area contributed by atoms with Crippen LogP contribution in [0.1, 0.15) is 13.8 Å². The molecule has 2 rings (SSSR count). The van der Waals surface area contributed by atoms with Gasteiger partial charge in [0.15, 0.2) is 10.7 Å². The van der Waals surface area contributed by atoms with E-state index >= 15 is 0 Å². The van der Waals surface area contributed by atoms with Gasteiger partial charge >= 0.3 is 29.6 Å². The summed E-state index contributed by atoms with van der Waals surface area (Å²) in [5.41, 5.74) is 0.282. The van der Waals surface area contributed by atoms with Gasteiger partial charge < -0.3 is 15.4 Å². The molecule has 2 aromatic carbocycles. The molecule has 12 nitrogen and oxygen atoms in total. The van der Waals surface area contributed by atoms with Crippen LogP contribution in [0.4, 0.5) is 17.1 Å². The van der Waals surface area contributed by atoms with Crippen molar-refractivity contribution in [2.75, 3.05) is 22.5 Å². The van der Waals surface area contributed by atoms with Crippen LogP contribution in [0.5, 0.6) is 5.75 Å². The zero-order chi connectivity index (χ0) is 24.3. The predicted octanol–water partition coefficient (Wildman–Crippen LogP) is -1.21.